The first kappa shape index (κ1) is 16.1. The van der Waals surface area contributed by atoms with E-state index in [2.05, 4.69) is 9.68 Å². The molecular formula is C15H16F2N2O3S. The van der Waals surface area contributed by atoms with Gasteiger partial charge in [0.25, 0.3) is 12.3 Å². The van der Waals surface area contributed by atoms with Gasteiger partial charge in [0, 0.05) is 18.7 Å². The van der Waals surface area contributed by atoms with Crippen molar-refractivity contribution in [3.05, 3.63) is 28.3 Å². The van der Waals surface area contributed by atoms with E-state index in [9.17, 15) is 18.7 Å². The maximum Gasteiger partial charge on any atom is 0.298 e. The van der Waals surface area contributed by atoms with Gasteiger partial charge in [-0.2, -0.15) is 0 Å². The highest BCUT2D eigenvalue weighted by atomic mass is 32.1. The van der Waals surface area contributed by atoms with Gasteiger partial charge in [-0.15, -0.1) is 11.3 Å². The van der Waals surface area contributed by atoms with E-state index in [-0.39, 0.29) is 11.5 Å². The summed E-state index contributed by atoms with van der Waals surface area (Å²) in [5.74, 6) is -0.601. The number of β-amino-alcohol motifs (C(OH)–C–C–N with tert-alkyl or cyclic N) is 1. The highest BCUT2D eigenvalue weighted by molar-refractivity contribution is 7.17. The van der Waals surface area contributed by atoms with E-state index in [1.165, 1.54) is 18.3 Å². The van der Waals surface area contributed by atoms with Gasteiger partial charge in [0.2, 0.25) is 5.76 Å². The molecular weight excluding hydrogens is 326 g/mol. The molecule has 0 spiro atoms. The lowest BCUT2D eigenvalue weighted by Crippen LogP contribution is -2.41. The SMILES string of the molecule is Cc1c(-c2ccc(C(=O)N3CCCC(O)C3)s2)noc1C(F)F. The molecule has 0 radical (unpaired) electrons. The number of halogens is 2. The van der Waals surface area contributed by atoms with Gasteiger partial charge in [0.05, 0.1) is 15.9 Å². The molecule has 1 fully saturated rings. The summed E-state index contributed by atoms with van der Waals surface area (Å²) in [5.41, 5.74) is 0.622. The predicted molar refractivity (Wildman–Crippen MR) is 80.7 cm³/mol. The summed E-state index contributed by atoms with van der Waals surface area (Å²) in [7, 11) is 0. The van der Waals surface area contributed by atoms with E-state index in [0.717, 1.165) is 6.42 Å². The summed E-state index contributed by atoms with van der Waals surface area (Å²) in [6.45, 7) is 2.46. The number of aromatic nitrogens is 1. The molecule has 2 aromatic heterocycles. The molecule has 1 atom stereocenters. The first-order valence-electron chi connectivity index (χ1n) is 7.29. The van der Waals surface area contributed by atoms with E-state index in [1.54, 1.807) is 17.0 Å². The van der Waals surface area contributed by atoms with Crippen LogP contribution in [0.5, 0.6) is 0 Å². The van der Waals surface area contributed by atoms with Crippen LogP contribution in [0, 0.1) is 6.92 Å². The minimum Gasteiger partial charge on any atom is -0.391 e. The van der Waals surface area contributed by atoms with Crippen molar-refractivity contribution in [3.8, 4) is 10.6 Å². The van der Waals surface area contributed by atoms with Gasteiger partial charge in [0.1, 0.15) is 5.69 Å². The molecule has 23 heavy (non-hydrogen) atoms. The van der Waals surface area contributed by atoms with Crippen molar-refractivity contribution in [3.63, 3.8) is 0 Å². The number of aliphatic hydroxyl groups is 1. The zero-order valence-corrected chi connectivity index (χ0v) is 13.3. The summed E-state index contributed by atoms with van der Waals surface area (Å²) in [5, 5.41) is 13.4. The number of piperidine rings is 1. The number of thiophene rings is 1. The molecule has 3 rings (SSSR count). The maximum atomic E-state index is 12.8. The fourth-order valence-corrected chi connectivity index (χ4v) is 3.67. The molecule has 8 heteroatoms. The molecule has 1 aliphatic heterocycles. The Morgan fingerprint density at radius 3 is 2.96 bits per heavy atom. The van der Waals surface area contributed by atoms with Crippen molar-refractivity contribution in [2.24, 2.45) is 0 Å². The molecule has 3 heterocycles. The molecule has 1 amide bonds. The number of hydrogen-bond donors (Lipinski definition) is 1. The number of amides is 1. The van der Waals surface area contributed by atoms with Gasteiger partial charge in [0.15, 0.2) is 0 Å². The van der Waals surface area contributed by atoms with Gasteiger partial charge in [-0.25, -0.2) is 8.78 Å². The number of aliphatic hydroxyl groups excluding tert-OH is 1. The second kappa shape index (κ2) is 6.37. The number of nitrogens with zero attached hydrogens (tertiary/aromatic N) is 2. The maximum absolute atomic E-state index is 12.8. The lowest BCUT2D eigenvalue weighted by molar-refractivity contribution is 0.0478. The Bertz CT molecular complexity index is 713. The van der Waals surface area contributed by atoms with Crippen LogP contribution in [0.3, 0.4) is 0 Å². The van der Waals surface area contributed by atoms with Gasteiger partial charge in [-0.05, 0) is 31.9 Å². The molecule has 0 aliphatic carbocycles. The van der Waals surface area contributed by atoms with Crippen LogP contribution in [0.15, 0.2) is 16.7 Å². The van der Waals surface area contributed by atoms with E-state index in [4.69, 9.17) is 0 Å². The summed E-state index contributed by atoms with van der Waals surface area (Å²) in [6, 6.07) is 3.33. The standard InChI is InChI=1S/C15H16F2N2O3S/c1-8-12(18-22-13(8)14(16)17)10-4-5-11(23-10)15(21)19-6-2-3-9(20)7-19/h4-5,9,14,20H,2-3,6-7H2,1H3. The Morgan fingerprint density at radius 1 is 1.52 bits per heavy atom. The molecule has 1 N–H and O–H groups in total. The monoisotopic (exact) mass is 342 g/mol. The number of carbonyl (C=O) groups excluding carboxylic acids is 1. The third-order valence-corrected chi connectivity index (χ3v) is 4.97. The summed E-state index contributed by atoms with van der Waals surface area (Å²) < 4.78 is 30.2. The normalized spacial score (nSPS) is 18.7. The third-order valence-electron chi connectivity index (χ3n) is 3.89. The number of alkyl halides is 2. The van der Waals surface area contributed by atoms with E-state index in [0.29, 0.717) is 35.0 Å². The smallest absolute Gasteiger partial charge is 0.298 e. The molecule has 5 nitrogen and oxygen atoms in total. The number of carbonyl (C=O) groups is 1. The van der Waals surface area contributed by atoms with Crippen LogP contribution in [0.2, 0.25) is 0 Å². The predicted octanol–water partition coefficient (Wildman–Crippen LogP) is 3.25. The van der Waals surface area contributed by atoms with E-state index >= 15 is 0 Å². The van der Waals surface area contributed by atoms with Crippen molar-refractivity contribution >= 4 is 17.2 Å². The second-order valence-corrected chi connectivity index (χ2v) is 6.62. The zero-order valence-electron chi connectivity index (χ0n) is 12.5. The van der Waals surface area contributed by atoms with Gasteiger partial charge in [-0.1, -0.05) is 5.16 Å². The average molecular weight is 342 g/mol. The lowest BCUT2D eigenvalue weighted by Gasteiger charge is -2.29. The van der Waals surface area contributed by atoms with Crippen molar-refractivity contribution < 1.29 is 23.2 Å². The first-order chi connectivity index (χ1) is 11.0. The molecule has 124 valence electrons. The Hall–Kier alpha value is -1.80. The Morgan fingerprint density at radius 2 is 2.30 bits per heavy atom. The van der Waals surface area contributed by atoms with Crippen LogP contribution in [0.25, 0.3) is 10.6 Å². The number of likely N-dealkylation sites (tertiary alicyclic amines) is 1. The minimum atomic E-state index is -2.72. The fourth-order valence-electron chi connectivity index (χ4n) is 2.66. The lowest BCUT2D eigenvalue weighted by atomic mass is 10.1. The largest absolute Gasteiger partial charge is 0.391 e. The van der Waals surface area contributed by atoms with Crippen LogP contribution >= 0.6 is 11.3 Å². The highest BCUT2D eigenvalue weighted by Crippen LogP contribution is 2.34. The summed E-state index contributed by atoms with van der Waals surface area (Å²) in [4.78, 5) is 15.2. The molecule has 0 aromatic carbocycles. The molecule has 2 aromatic rings. The van der Waals surface area contributed by atoms with Crippen LogP contribution in [0.4, 0.5) is 8.78 Å². The van der Waals surface area contributed by atoms with E-state index < -0.39 is 18.3 Å². The van der Waals surface area contributed by atoms with Crippen molar-refractivity contribution in [1.82, 2.24) is 10.1 Å². The average Bonchev–Trinajstić information content (AvgIpc) is 3.12. The quantitative estimate of drug-likeness (QED) is 0.930. The first-order valence-corrected chi connectivity index (χ1v) is 8.11. The molecule has 1 saturated heterocycles. The van der Waals surface area contributed by atoms with Crippen molar-refractivity contribution in [1.29, 1.82) is 0 Å². The highest BCUT2D eigenvalue weighted by Gasteiger charge is 2.26. The van der Waals surface area contributed by atoms with Gasteiger partial charge < -0.3 is 14.5 Å². The zero-order chi connectivity index (χ0) is 16.6. The van der Waals surface area contributed by atoms with Crippen LogP contribution in [-0.2, 0) is 0 Å². The number of rotatable bonds is 3. The third kappa shape index (κ3) is 3.13. The van der Waals surface area contributed by atoms with E-state index in [1.807, 2.05) is 0 Å². The Balaban J connectivity index is 1.82. The van der Waals surface area contributed by atoms with Crippen LogP contribution in [-0.4, -0.2) is 40.3 Å². The topological polar surface area (TPSA) is 66.6 Å². The minimum absolute atomic E-state index is 0.157. The molecule has 0 saturated carbocycles. The summed E-state index contributed by atoms with van der Waals surface area (Å²) in [6.07, 6.45) is -1.73. The van der Waals surface area contributed by atoms with Crippen molar-refractivity contribution in [2.45, 2.75) is 32.3 Å². The van der Waals surface area contributed by atoms with Crippen LogP contribution in [0.1, 0.15) is 40.3 Å². The molecule has 0 bridgehead atoms. The van der Waals surface area contributed by atoms with Crippen molar-refractivity contribution in [2.75, 3.05) is 13.1 Å². The Labute approximate surface area is 135 Å². The molecule has 1 unspecified atom stereocenters. The van der Waals surface area contributed by atoms with Crippen LogP contribution < -0.4 is 0 Å². The van der Waals surface area contributed by atoms with Gasteiger partial charge >= 0.3 is 0 Å². The number of hydrogen-bond acceptors (Lipinski definition) is 5. The Kier molecular flexibility index (Phi) is 4.45. The van der Waals surface area contributed by atoms with Gasteiger partial charge in [-0.3, -0.25) is 4.79 Å². The molecule has 1 aliphatic rings. The fraction of sp³-hybridized carbons (Fsp3) is 0.467. The second-order valence-electron chi connectivity index (χ2n) is 5.53. The summed E-state index contributed by atoms with van der Waals surface area (Å²) >= 11 is 1.19.